The lowest BCUT2D eigenvalue weighted by Gasteiger charge is -2.28. The Morgan fingerprint density at radius 1 is 1.23 bits per heavy atom. The summed E-state index contributed by atoms with van der Waals surface area (Å²) in [6, 6.07) is 16.5. The van der Waals surface area contributed by atoms with E-state index in [1.165, 1.54) is 5.01 Å². The predicted molar refractivity (Wildman–Crippen MR) is 121 cm³/mol. The highest BCUT2D eigenvalue weighted by molar-refractivity contribution is 5.91. The molecule has 0 saturated carbocycles. The molecule has 4 rings (SSSR count). The van der Waals surface area contributed by atoms with Crippen LogP contribution in [0.1, 0.15) is 16.7 Å². The number of ether oxygens (including phenoxy) is 1. The van der Waals surface area contributed by atoms with Gasteiger partial charge >= 0.3 is 0 Å². The minimum Gasteiger partial charge on any atom is -0.397 e. The molecule has 0 atom stereocenters. The first-order valence-electron chi connectivity index (χ1n) is 10.0. The maximum atomic E-state index is 12.7. The molecule has 2 heterocycles. The number of hydrogen-bond donors (Lipinski definition) is 3. The lowest BCUT2D eigenvalue weighted by atomic mass is 10.1. The van der Waals surface area contributed by atoms with Crippen molar-refractivity contribution in [1.29, 1.82) is 5.26 Å². The number of aromatic nitrogens is 1. The van der Waals surface area contributed by atoms with Gasteiger partial charge in [-0.15, -0.1) is 0 Å². The minimum atomic E-state index is -0.0718. The number of benzene rings is 2. The fourth-order valence-corrected chi connectivity index (χ4v) is 3.73. The third kappa shape index (κ3) is 4.38. The number of anilines is 1. The van der Waals surface area contributed by atoms with Crippen molar-refractivity contribution in [3.05, 3.63) is 81.6 Å². The molecule has 5 N–H and O–H groups in total. The van der Waals surface area contributed by atoms with Crippen LogP contribution in [0.3, 0.4) is 0 Å². The van der Waals surface area contributed by atoms with Crippen LogP contribution < -0.4 is 21.9 Å². The van der Waals surface area contributed by atoms with Crippen molar-refractivity contribution in [3.8, 4) is 6.07 Å². The van der Waals surface area contributed by atoms with Gasteiger partial charge in [-0.25, -0.2) is 5.84 Å². The molecule has 1 saturated heterocycles. The highest BCUT2D eigenvalue weighted by Gasteiger charge is 2.15. The third-order valence-corrected chi connectivity index (χ3v) is 5.31. The summed E-state index contributed by atoms with van der Waals surface area (Å²) < 4.78 is 5.41. The molecule has 0 bridgehead atoms. The van der Waals surface area contributed by atoms with Crippen molar-refractivity contribution in [3.63, 3.8) is 0 Å². The van der Waals surface area contributed by atoms with Crippen LogP contribution in [0, 0.1) is 11.3 Å². The van der Waals surface area contributed by atoms with E-state index in [1.807, 2.05) is 24.3 Å². The molecule has 8 nitrogen and oxygen atoms in total. The predicted octanol–water partition coefficient (Wildman–Crippen LogP) is 1.87. The molecule has 1 aromatic heterocycles. The van der Waals surface area contributed by atoms with Gasteiger partial charge in [0, 0.05) is 36.3 Å². The number of pyridine rings is 1. The van der Waals surface area contributed by atoms with E-state index < -0.39 is 0 Å². The van der Waals surface area contributed by atoms with E-state index in [1.54, 1.807) is 30.5 Å². The SMILES string of the molecule is N#Cc1ccccc1CN(N)/C=C(\N)c1cccc2c(=O)cc(N3CCOCC3)[nH]c12. The number of para-hydroxylation sites is 1. The van der Waals surface area contributed by atoms with Gasteiger partial charge in [-0.05, 0) is 17.7 Å². The lowest BCUT2D eigenvalue weighted by molar-refractivity contribution is 0.122. The first-order valence-corrected chi connectivity index (χ1v) is 10.0. The van der Waals surface area contributed by atoms with Gasteiger partial charge < -0.3 is 25.4 Å². The van der Waals surface area contributed by atoms with Gasteiger partial charge in [-0.2, -0.15) is 5.26 Å². The first-order chi connectivity index (χ1) is 15.1. The Morgan fingerprint density at radius 2 is 2.00 bits per heavy atom. The largest absolute Gasteiger partial charge is 0.397 e. The summed E-state index contributed by atoms with van der Waals surface area (Å²) in [5.41, 5.74) is 9.45. The molecular weight excluding hydrogens is 392 g/mol. The monoisotopic (exact) mass is 416 g/mol. The Balaban J connectivity index is 1.68. The standard InChI is InChI=1S/C23H24N6O2/c24-13-16-4-1-2-5-17(16)14-29(26)15-20(25)18-6-3-7-19-21(30)12-22(27-23(18)19)28-8-10-31-11-9-28/h1-7,12,15H,8-11,14,25-26H2,(H,27,30)/b20-15-. The zero-order valence-electron chi connectivity index (χ0n) is 17.0. The number of H-pyrrole nitrogens is 1. The van der Waals surface area contributed by atoms with Gasteiger partial charge in [-0.3, -0.25) is 4.79 Å². The summed E-state index contributed by atoms with van der Waals surface area (Å²) in [6.07, 6.45) is 1.61. The molecule has 0 unspecified atom stereocenters. The number of nitriles is 1. The highest BCUT2D eigenvalue weighted by atomic mass is 16.5. The molecule has 0 radical (unpaired) electrons. The number of nitrogens with one attached hydrogen (secondary N) is 1. The summed E-state index contributed by atoms with van der Waals surface area (Å²) in [7, 11) is 0. The summed E-state index contributed by atoms with van der Waals surface area (Å²) in [5, 5.41) is 11.3. The van der Waals surface area contributed by atoms with Gasteiger partial charge in [0.15, 0.2) is 5.43 Å². The number of rotatable bonds is 5. The molecule has 0 spiro atoms. The van der Waals surface area contributed by atoms with Crippen LogP contribution >= 0.6 is 0 Å². The van der Waals surface area contributed by atoms with Crippen LogP contribution in [-0.2, 0) is 11.3 Å². The van der Waals surface area contributed by atoms with E-state index >= 15 is 0 Å². The van der Waals surface area contributed by atoms with E-state index in [2.05, 4.69) is 16.0 Å². The van der Waals surface area contributed by atoms with Crippen molar-refractivity contribution in [1.82, 2.24) is 9.99 Å². The fraction of sp³-hybridized carbons (Fsp3) is 0.217. The highest BCUT2D eigenvalue weighted by Crippen LogP contribution is 2.23. The van der Waals surface area contributed by atoms with Crippen molar-refractivity contribution in [2.45, 2.75) is 6.54 Å². The number of morpholine rings is 1. The van der Waals surface area contributed by atoms with Crippen molar-refractivity contribution in [2.75, 3.05) is 31.2 Å². The van der Waals surface area contributed by atoms with Crippen molar-refractivity contribution >= 4 is 22.4 Å². The van der Waals surface area contributed by atoms with E-state index in [4.69, 9.17) is 16.3 Å². The Kier molecular flexibility index (Phi) is 5.89. The minimum absolute atomic E-state index is 0.0718. The molecular formula is C23H24N6O2. The van der Waals surface area contributed by atoms with E-state index in [0.29, 0.717) is 60.6 Å². The molecule has 31 heavy (non-hydrogen) atoms. The zero-order valence-corrected chi connectivity index (χ0v) is 17.0. The van der Waals surface area contributed by atoms with Gasteiger partial charge in [-0.1, -0.05) is 30.3 Å². The number of nitrogens with zero attached hydrogens (tertiary/aromatic N) is 3. The second kappa shape index (κ2) is 8.92. The molecule has 1 aliphatic rings. The summed E-state index contributed by atoms with van der Waals surface area (Å²) in [6.45, 7) is 2.99. The molecule has 2 aromatic carbocycles. The summed E-state index contributed by atoms with van der Waals surface area (Å²) >= 11 is 0. The number of hydrazine groups is 1. The topological polar surface area (TPSA) is 124 Å². The van der Waals surface area contributed by atoms with Crippen LogP contribution in [0.5, 0.6) is 0 Å². The third-order valence-electron chi connectivity index (χ3n) is 5.31. The maximum absolute atomic E-state index is 12.7. The lowest BCUT2D eigenvalue weighted by Crippen LogP contribution is -2.37. The van der Waals surface area contributed by atoms with Gasteiger partial charge in [0.2, 0.25) is 0 Å². The maximum Gasteiger partial charge on any atom is 0.191 e. The molecule has 1 aliphatic heterocycles. The summed E-state index contributed by atoms with van der Waals surface area (Å²) in [4.78, 5) is 18.2. The Hall–Kier alpha value is -3.80. The van der Waals surface area contributed by atoms with Gasteiger partial charge in [0.25, 0.3) is 0 Å². The van der Waals surface area contributed by atoms with Gasteiger partial charge in [0.1, 0.15) is 5.82 Å². The molecule has 0 amide bonds. The summed E-state index contributed by atoms with van der Waals surface area (Å²) in [5.74, 6) is 6.91. The van der Waals surface area contributed by atoms with Crippen molar-refractivity contribution in [2.24, 2.45) is 11.6 Å². The second-order valence-corrected chi connectivity index (χ2v) is 7.37. The van der Waals surface area contributed by atoms with Gasteiger partial charge in [0.05, 0.1) is 42.6 Å². The van der Waals surface area contributed by atoms with E-state index in [0.717, 1.165) is 11.4 Å². The molecule has 1 fully saturated rings. The number of nitrogens with two attached hydrogens (primary N) is 2. The van der Waals surface area contributed by atoms with E-state index in [9.17, 15) is 10.1 Å². The van der Waals surface area contributed by atoms with Crippen LogP contribution in [0.2, 0.25) is 0 Å². The molecule has 3 aromatic rings. The Labute approximate surface area is 179 Å². The number of hydrogen-bond acceptors (Lipinski definition) is 7. The Bertz CT molecular complexity index is 1220. The average molecular weight is 416 g/mol. The quantitative estimate of drug-likeness (QED) is 0.428. The molecule has 0 aliphatic carbocycles. The van der Waals surface area contributed by atoms with Crippen LogP contribution in [-0.4, -0.2) is 36.3 Å². The average Bonchev–Trinajstić information content (AvgIpc) is 2.79. The smallest absolute Gasteiger partial charge is 0.191 e. The second-order valence-electron chi connectivity index (χ2n) is 7.37. The Morgan fingerprint density at radius 3 is 2.77 bits per heavy atom. The van der Waals surface area contributed by atoms with Crippen LogP contribution in [0.15, 0.2) is 59.5 Å². The normalized spacial score (nSPS) is 14.5. The zero-order chi connectivity index (χ0) is 21.8. The van der Waals surface area contributed by atoms with Crippen molar-refractivity contribution < 1.29 is 4.74 Å². The van der Waals surface area contributed by atoms with E-state index in [-0.39, 0.29) is 5.43 Å². The van der Waals surface area contributed by atoms with Crippen LogP contribution in [0.25, 0.3) is 16.6 Å². The number of aromatic amines is 1. The van der Waals surface area contributed by atoms with Crippen LogP contribution in [0.4, 0.5) is 5.82 Å². The number of fused-ring (bicyclic) bond motifs is 1. The fourth-order valence-electron chi connectivity index (χ4n) is 3.73. The first kappa shape index (κ1) is 20.5. The molecule has 158 valence electrons. The molecule has 8 heteroatoms.